The molecule has 11 heteroatoms. The molecule has 0 spiro atoms. The Labute approximate surface area is 200 Å². The van der Waals surface area contributed by atoms with Crippen molar-refractivity contribution in [2.75, 3.05) is 23.4 Å². The molecule has 168 valence electrons. The second kappa shape index (κ2) is 9.06. The van der Waals surface area contributed by atoms with Gasteiger partial charge in [-0.25, -0.2) is 9.97 Å². The standard InChI is InChI=1S/C21H18ClF3N4S3/c22-14-6-12-9-26-3-2-11(12)7-15(14)28-20-27-10-13(21(23,24)25)18(29-20)16-8-17-19(32-16)31-5-1-4-30-17/h6-8,10,26H,1-5,9H2,(H,27,28,29). The highest BCUT2D eigenvalue weighted by molar-refractivity contribution is 8.04. The van der Waals surface area contributed by atoms with Gasteiger partial charge in [0.2, 0.25) is 5.95 Å². The third-order valence-corrected chi connectivity index (χ3v) is 9.41. The van der Waals surface area contributed by atoms with Gasteiger partial charge in [0.25, 0.3) is 0 Å². The summed E-state index contributed by atoms with van der Waals surface area (Å²) in [5.74, 6) is 2.02. The number of benzene rings is 1. The van der Waals surface area contributed by atoms with Gasteiger partial charge in [-0.05, 0) is 60.2 Å². The Kier molecular flexibility index (Phi) is 6.32. The minimum atomic E-state index is -4.55. The number of nitrogens with zero attached hydrogens (tertiary/aromatic N) is 2. The van der Waals surface area contributed by atoms with Gasteiger partial charge in [0.05, 0.1) is 25.5 Å². The number of rotatable bonds is 3. The van der Waals surface area contributed by atoms with Crippen molar-refractivity contribution in [1.29, 1.82) is 0 Å². The van der Waals surface area contributed by atoms with Crippen molar-refractivity contribution in [2.45, 2.75) is 34.7 Å². The normalized spacial score (nSPS) is 16.2. The largest absolute Gasteiger partial charge is 0.420 e. The van der Waals surface area contributed by atoms with Gasteiger partial charge in [-0.15, -0.1) is 34.9 Å². The number of alkyl halides is 3. The van der Waals surface area contributed by atoms with Crippen LogP contribution < -0.4 is 10.6 Å². The first-order chi connectivity index (χ1) is 15.4. The third kappa shape index (κ3) is 4.61. The molecule has 2 aliphatic heterocycles. The van der Waals surface area contributed by atoms with Gasteiger partial charge in [-0.1, -0.05) is 11.6 Å². The number of fused-ring (bicyclic) bond motifs is 2. The van der Waals surface area contributed by atoms with E-state index >= 15 is 0 Å². The number of hydrogen-bond donors (Lipinski definition) is 2. The summed E-state index contributed by atoms with van der Waals surface area (Å²) in [6.07, 6.45) is -1.76. The average Bonchev–Trinajstić information content (AvgIpc) is 3.04. The average molecular weight is 515 g/mol. The maximum atomic E-state index is 13.8. The van der Waals surface area contributed by atoms with Crippen molar-refractivity contribution < 1.29 is 13.2 Å². The second-order valence-electron chi connectivity index (χ2n) is 7.42. The van der Waals surface area contributed by atoms with E-state index in [-0.39, 0.29) is 11.6 Å². The number of thioether (sulfide) groups is 2. The zero-order valence-corrected chi connectivity index (χ0v) is 19.9. The summed E-state index contributed by atoms with van der Waals surface area (Å²) >= 11 is 11.2. The summed E-state index contributed by atoms with van der Waals surface area (Å²) in [6, 6.07) is 5.63. The van der Waals surface area contributed by atoms with Crippen molar-refractivity contribution in [3.8, 4) is 10.6 Å². The first-order valence-corrected chi connectivity index (χ1v) is 13.2. The monoisotopic (exact) mass is 514 g/mol. The number of aromatic nitrogens is 2. The Hall–Kier alpha value is -1.46. The van der Waals surface area contributed by atoms with Gasteiger partial charge >= 0.3 is 6.18 Å². The number of nitrogens with one attached hydrogen (secondary N) is 2. The summed E-state index contributed by atoms with van der Waals surface area (Å²) < 4.78 is 42.3. The first kappa shape index (κ1) is 22.3. The molecule has 0 unspecified atom stereocenters. The van der Waals surface area contributed by atoms with Crippen LogP contribution in [0.15, 0.2) is 33.5 Å². The van der Waals surface area contributed by atoms with Gasteiger partial charge in [-0.2, -0.15) is 13.2 Å². The Morgan fingerprint density at radius 1 is 1.09 bits per heavy atom. The summed E-state index contributed by atoms with van der Waals surface area (Å²) in [4.78, 5) is 9.79. The summed E-state index contributed by atoms with van der Waals surface area (Å²) in [5.41, 5.74) is 1.92. The highest BCUT2D eigenvalue weighted by Crippen LogP contribution is 2.47. The van der Waals surface area contributed by atoms with E-state index in [1.165, 1.54) is 11.3 Å². The van der Waals surface area contributed by atoms with E-state index in [0.29, 0.717) is 15.6 Å². The smallest absolute Gasteiger partial charge is 0.323 e. The lowest BCUT2D eigenvalue weighted by molar-refractivity contribution is -0.137. The fourth-order valence-electron chi connectivity index (χ4n) is 3.64. The molecule has 4 heterocycles. The predicted octanol–water partition coefficient (Wildman–Crippen LogP) is 6.85. The van der Waals surface area contributed by atoms with Crippen LogP contribution >= 0.6 is 46.5 Å². The molecule has 0 radical (unpaired) electrons. The molecule has 0 aliphatic carbocycles. The number of halogens is 4. The predicted molar refractivity (Wildman–Crippen MR) is 127 cm³/mol. The lowest BCUT2D eigenvalue weighted by atomic mass is 10.0. The fraction of sp³-hybridized carbons (Fsp3) is 0.333. The molecule has 5 rings (SSSR count). The zero-order valence-electron chi connectivity index (χ0n) is 16.7. The molecule has 0 saturated heterocycles. The molecular formula is C21H18ClF3N4S3. The highest BCUT2D eigenvalue weighted by Gasteiger charge is 2.36. The van der Waals surface area contributed by atoms with E-state index in [0.717, 1.165) is 63.9 Å². The minimum Gasteiger partial charge on any atom is -0.323 e. The summed E-state index contributed by atoms with van der Waals surface area (Å²) in [6.45, 7) is 1.61. The molecule has 1 aromatic carbocycles. The van der Waals surface area contributed by atoms with Crippen LogP contribution in [0, 0.1) is 0 Å². The van der Waals surface area contributed by atoms with Gasteiger partial charge in [-0.3, -0.25) is 0 Å². The molecule has 0 atom stereocenters. The van der Waals surface area contributed by atoms with Gasteiger partial charge < -0.3 is 10.6 Å². The highest BCUT2D eigenvalue weighted by atomic mass is 35.5. The Bertz CT molecular complexity index is 1140. The van der Waals surface area contributed by atoms with Gasteiger partial charge in [0.15, 0.2) is 0 Å². The van der Waals surface area contributed by atoms with Crippen LogP contribution in [0.3, 0.4) is 0 Å². The quantitative estimate of drug-likeness (QED) is 0.398. The molecule has 3 aromatic rings. The van der Waals surface area contributed by atoms with E-state index in [4.69, 9.17) is 11.6 Å². The molecule has 0 bridgehead atoms. The number of thiophene rings is 1. The van der Waals surface area contributed by atoms with Crippen molar-refractivity contribution >= 4 is 58.1 Å². The van der Waals surface area contributed by atoms with Crippen LogP contribution in [0.5, 0.6) is 0 Å². The SMILES string of the molecule is FC(F)(F)c1cnc(Nc2cc3c(cc2Cl)CNCC3)nc1-c1cc2c(s1)SCCCS2. The van der Waals surface area contributed by atoms with Crippen LogP contribution in [-0.2, 0) is 19.1 Å². The molecule has 0 saturated carbocycles. The molecule has 0 fully saturated rings. The Morgan fingerprint density at radius 3 is 2.78 bits per heavy atom. The van der Waals surface area contributed by atoms with E-state index in [1.807, 2.05) is 18.2 Å². The van der Waals surface area contributed by atoms with Crippen LogP contribution in [0.25, 0.3) is 10.6 Å². The second-order valence-corrected chi connectivity index (χ2v) is 11.4. The Balaban J connectivity index is 1.53. The van der Waals surface area contributed by atoms with Crippen molar-refractivity contribution in [3.05, 3.63) is 46.1 Å². The number of hydrogen-bond acceptors (Lipinski definition) is 7. The molecule has 0 amide bonds. The van der Waals surface area contributed by atoms with E-state index in [2.05, 4.69) is 20.6 Å². The molecule has 2 aromatic heterocycles. The van der Waals surface area contributed by atoms with Crippen molar-refractivity contribution in [1.82, 2.24) is 15.3 Å². The topological polar surface area (TPSA) is 49.8 Å². The maximum Gasteiger partial charge on any atom is 0.420 e. The zero-order chi connectivity index (χ0) is 22.3. The van der Waals surface area contributed by atoms with Crippen molar-refractivity contribution in [2.24, 2.45) is 0 Å². The molecule has 4 nitrogen and oxygen atoms in total. The van der Waals surface area contributed by atoms with E-state index < -0.39 is 11.7 Å². The van der Waals surface area contributed by atoms with Gasteiger partial charge in [0, 0.05) is 17.6 Å². The third-order valence-electron chi connectivity index (χ3n) is 5.20. The molecular weight excluding hydrogens is 497 g/mol. The molecule has 2 N–H and O–H groups in total. The van der Waals surface area contributed by atoms with Crippen LogP contribution in [0.1, 0.15) is 23.1 Å². The van der Waals surface area contributed by atoms with E-state index in [9.17, 15) is 13.2 Å². The first-order valence-electron chi connectivity index (χ1n) is 10.0. The maximum absolute atomic E-state index is 13.8. The van der Waals surface area contributed by atoms with Crippen molar-refractivity contribution in [3.63, 3.8) is 0 Å². The van der Waals surface area contributed by atoms with Gasteiger partial charge in [0.1, 0.15) is 5.56 Å². The summed E-state index contributed by atoms with van der Waals surface area (Å²) in [7, 11) is 0. The van der Waals surface area contributed by atoms with Crippen LogP contribution in [0.4, 0.5) is 24.8 Å². The molecule has 2 aliphatic rings. The van der Waals surface area contributed by atoms with Crippen LogP contribution in [0.2, 0.25) is 5.02 Å². The number of anilines is 2. The Morgan fingerprint density at radius 2 is 1.94 bits per heavy atom. The van der Waals surface area contributed by atoms with Crippen LogP contribution in [-0.4, -0.2) is 28.0 Å². The minimum absolute atomic E-state index is 0.0904. The molecule has 32 heavy (non-hydrogen) atoms. The summed E-state index contributed by atoms with van der Waals surface area (Å²) in [5, 5.41) is 6.81. The lowest BCUT2D eigenvalue weighted by Crippen LogP contribution is -2.23. The lowest BCUT2D eigenvalue weighted by Gasteiger charge is -2.19. The van der Waals surface area contributed by atoms with E-state index in [1.54, 1.807) is 23.5 Å². The fourth-order valence-corrected chi connectivity index (χ4v) is 7.83.